The van der Waals surface area contributed by atoms with E-state index in [0.29, 0.717) is 12.6 Å². The Bertz CT molecular complexity index is 559. The molecule has 21 heavy (non-hydrogen) atoms. The lowest BCUT2D eigenvalue weighted by molar-refractivity contribution is 0.178. The Morgan fingerprint density at radius 3 is 2.76 bits per heavy atom. The topological polar surface area (TPSA) is 74.3 Å². The van der Waals surface area contributed by atoms with Gasteiger partial charge in [-0.1, -0.05) is 6.07 Å². The Hall–Kier alpha value is -1.02. The van der Waals surface area contributed by atoms with E-state index in [4.69, 9.17) is 0 Å². The molecule has 1 fully saturated rings. The highest BCUT2D eigenvalue weighted by molar-refractivity contribution is 7.89. The van der Waals surface area contributed by atoms with Gasteiger partial charge in [-0.3, -0.25) is 0 Å². The van der Waals surface area contributed by atoms with Crippen molar-refractivity contribution in [3.05, 3.63) is 23.9 Å². The Balaban J connectivity index is 2.04. The van der Waals surface area contributed by atoms with E-state index in [1.165, 1.54) is 0 Å². The lowest BCUT2D eigenvalue weighted by Crippen LogP contribution is -2.47. The monoisotopic (exact) mass is 312 g/mol. The Morgan fingerprint density at radius 1 is 1.43 bits per heavy atom. The maximum Gasteiger partial charge on any atom is 0.258 e. The van der Waals surface area contributed by atoms with Crippen LogP contribution >= 0.6 is 0 Å². The second-order valence-electron chi connectivity index (χ2n) is 5.71. The Morgan fingerprint density at radius 2 is 2.19 bits per heavy atom. The minimum atomic E-state index is -3.53. The summed E-state index contributed by atoms with van der Waals surface area (Å²) in [5, 5.41) is 3.10. The number of nitrogens with zero attached hydrogens (tertiary/aromatic N) is 2. The number of likely N-dealkylation sites (tertiary alicyclic amines) is 1. The first-order valence-corrected chi connectivity index (χ1v) is 8.73. The molecule has 1 aliphatic heterocycles. The molecule has 2 heterocycles. The average molecular weight is 312 g/mol. The highest BCUT2D eigenvalue weighted by Gasteiger charge is 2.27. The molecule has 2 N–H and O–H groups in total. The van der Waals surface area contributed by atoms with E-state index in [1.54, 1.807) is 18.3 Å². The Kier molecular flexibility index (Phi) is 5.32. The van der Waals surface area contributed by atoms with Crippen LogP contribution in [0.5, 0.6) is 0 Å². The number of hydrogen-bond donors (Lipinski definition) is 2. The van der Waals surface area contributed by atoms with E-state index in [-0.39, 0.29) is 11.1 Å². The van der Waals surface area contributed by atoms with Crippen LogP contribution in [0.1, 0.15) is 25.3 Å². The van der Waals surface area contributed by atoms with Crippen LogP contribution < -0.4 is 10.0 Å². The van der Waals surface area contributed by atoms with Crippen LogP contribution in [0.25, 0.3) is 0 Å². The summed E-state index contributed by atoms with van der Waals surface area (Å²) in [6.07, 6.45) is 3.26. The maximum absolute atomic E-state index is 12.4. The van der Waals surface area contributed by atoms with Gasteiger partial charge in [-0.05, 0) is 52.0 Å². The van der Waals surface area contributed by atoms with Gasteiger partial charge in [0, 0.05) is 24.8 Å². The van der Waals surface area contributed by atoms with Crippen molar-refractivity contribution in [2.24, 2.45) is 0 Å². The molecule has 0 radical (unpaired) electrons. The fourth-order valence-electron chi connectivity index (χ4n) is 2.55. The van der Waals surface area contributed by atoms with Gasteiger partial charge in [0.15, 0.2) is 5.03 Å². The van der Waals surface area contributed by atoms with Gasteiger partial charge in [0.25, 0.3) is 10.0 Å². The fourth-order valence-corrected chi connectivity index (χ4v) is 3.77. The number of nitrogens with one attached hydrogen (secondary N) is 2. The summed E-state index contributed by atoms with van der Waals surface area (Å²) in [6, 6.07) is 3.72. The summed E-state index contributed by atoms with van der Waals surface area (Å²) in [6.45, 7) is 3.70. The molecule has 0 aliphatic carbocycles. The maximum atomic E-state index is 12.4. The van der Waals surface area contributed by atoms with Gasteiger partial charge in [-0.15, -0.1) is 0 Å². The number of aromatic nitrogens is 1. The third-order valence-corrected chi connectivity index (χ3v) is 5.42. The SMILES string of the molecule is CNCc1ccc(S(=O)(=O)NC2CCN(C)C(C)C2)nc1. The van der Waals surface area contributed by atoms with Gasteiger partial charge in [-0.2, -0.15) is 0 Å². The third-order valence-electron chi connectivity index (χ3n) is 3.98. The molecule has 0 spiro atoms. The van der Waals surface area contributed by atoms with Crippen molar-refractivity contribution in [3.63, 3.8) is 0 Å². The zero-order valence-corrected chi connectivity index (χ0v) is 13.7. The molecule has 0 saturated carbocycles. The quantitative estimate of drug-likeness (QED) is 0.831. The van der Waals surface area contributed by atoms with E-state index < -0.39 is 10.0 Å². The predicted octanol–water partition coefficient (Wildman–Crippen LogP) is 0.562. The van der Waals surface area contributed by atoms with Crippen LogP contribution in [-0.4, -0.2) is 51.0 Å². The minimum Gasteiger partial charge on any atom is -0.316 e. The number of pyridine rings is 1. The highest BCUT2D eigenvalue weighted by Crippen LogP contribution is 2.17. The summed E-state index contributed by atoms with van der Waals surface area (Å²) in [5.41, 5.74) is 0.962. The zero-order chi connectivity index (χ0) is 15.5. The molecular weight excluding hydrogens is 288 g/mol. The molecule has 6 nitrogen and oxygen atoms in total. The van der Waals surface area contributed by atoms with E-state index in [9.17, 15) is 8.42 Å². The zero-order valence-electron chi connectivity index (χ0n) is 12.8. The summed E-state index contributed by atoms with van der Waals surface area (Å²) in [7, 11) is 0.375. The molecule has 1 aliphatic rings. The van der Waals surface area contributed by atoms with Crippen LogP contribution in [0, 0.1) is 0 Å². The van der Waals surface area contributed by atoms with E-state index in [1.807, 2.05) is 7.05 Å². The van der Waals surface area contributed by atoms with Crippen molar-refractivity contribution in [1.82, 2.24) is 19.9 Å². The average Bonchev–Trinajstić information content (AvgIpc) is 2.44. The van der Waals surface area contributed by atoms with Crippen molar-refractivity contribution in [2.75, 3.05) is 20.6 Å². The molecular formula is C14H24N4O2S. The van der Waals surface area contributed by atoms with Crippen LogP contribution in [-0.2, 0) is 16.6 Å². The predicted molar refractivity (Wildman–Crippen MR) is 82.4 cm³/mol. The van der Waals surface area contributed by atoms with E-state index in [2.05, 4.69) is 33.9 Å². The highest BCUT2D eigenvalue weighted by atomic mass is 32.2. The second kappa shape index (κ2) is 6.83. The van der Waals surface area contributed by atoms with Crippen LogP contribution in [0.15, 0.2) is 23.4 Å². The van der Waals surface area contributed by atoms with Gasteiger partial charge < -0.3 is 10.2 Å². The van der Waals surface area contributed by atoms with Gasteiger partial charge in [0.05, 0.1) is 0 Å². The lowest BCUT2D eigenvalue weighted by atomic mass is 10.0. The lowest BCUT2D eigenvalue weighted by Gasteiger charge is -2.35. The summed E-state index contributed by atoms with van der Waals surface area (Å²) in [4.78, 5) is 6.31. The number of sulfonamides is 1. The van der Waals surface area contributed by atoms with Gasteiger partial charge in [0.1, 0.15) is 0 Å². The molecule has 0 amide bonds. The third kappa shape index (κ3) is 4.23. The van der Waals surface area contributed by atoms with E-state index in [0.717, 1.165) is 24.9 Å². The van der Waals surface area contributed by atoms with Gasteiger partial charge >= 0.3 is 0 Å². The standard InChI is InChI=1S/C14H24N4O2S/c1-11-8-13(6-7-18(11)3)17-21(19,20)14-5-4-12(9-15-2)10-16-14/h4-5,10-11,13,15,17H,6-9H2,1-3H3. The van der Waals surface area contributed by atoms with E-state index >= 15 is 0 Å². The molecule has 1 saturated heterocycles. The minimum absolute atomic E-state index is 0.0139. The molecule has 7 heteroatoms. The number of rotatable bonds is 5. The fraction of sp³-hybridized carbons (Fsp3) is 0.643. The Labute approximate surface area is 127 Å². The first-order chi connectivity index (χ1) is 9.92. The second-order valence-corrected chi connectivity index (χ2v) is 7.37. The first-order valence-electron chi connectivity index (χ1n) is 7.24. The first kappa shape index (κ1) is 16.4. The number of hydrogen-bond acceptors (Lipinski definition) is 5. The largest absolute Gasteiger partial charge is 0.316 e. The van der Waals surface area contributed by atoms with Crippen LogP contribution in [0.3, 0.4) is 0 Å². The molecule has 118 valence electrons. The van der Waals surface area contributed by atoms with Gasteiger partial charge in [0.2, 0.25) is 0 Å². The number of piperidine rings is 1. The summed E-state index contributed by atoms with van der Waals surface area (Å²) >= 11 is 0. The molecule has 0 bridgehead atoms. The smallest absolute Gasteiger partial charge is 0.258 e. The van der Waals surface area contributed by atoms with Crippen molar-refractivity contribution < 1.29 is 8.42 Å². The van der Waals surface area contributed by atoms with Crippen molar-refractivity contribution in [3.8, 4) is 0 Å². The normalized spacial score (nSPS) is 24.1. The molecule has 2 rings (SSSR count). The molecule has 2 atom stereocenters. The van der Waals surface area contributed by atoms with Gasteiger partial charge in [-0.25, -0.2) is 18.1 Å². The molecule has 1 aromatic rings. The van der Waals surface area contributed by atoms with Crippen LogP contribution in [0.4, 0.5) is 0 Å². The summed E-state index contributed by atoms with van der Waals surface area (Å²) in [5.74, 6) is 0. The molecule has 0 aromatic carbocycles. The summed E-state index contributed by atoms with van der Waals surface area (Å²) < 4.78 is 27.5. The van der Waals surface area contributed by atoms with Crippen molar-refractivity contribution in [2.45, 2.75) is 43.4 Å². The molecule has 2 unspecified atom stereocenters. The molecule has 1 aromatic heterocycles. The van der Waals surface area contributed by atoms with Crippen LogP contribution in [0.2, 0.25) is 0 Å². The van der Waals surface area contributed by atoms with Crippen molar-refractivity contribution in [1.29, 1.82) is 0 Å². The van der Waals surface area contributed by atoms with Crippen molar-refractivity contribution >= 4 is 10.0 Å².